The third-order valence-corrected chi connectivity index (χ3v) is 6.41. The third-order valence-electron chi connectivity index (χ3n) is 6.41. The second-order valence-corrected chi connectivity index (χ2v) is 8.12. The predicted octanol–water partition coefficient (Wildman–Crippen LogP) is 6.98. The Kier molecular flexibility index (Phi) is 3.33. The van der Waals surface area contributed by atoms with Crippen molar-refractivity contribution in [3.05, 3.63) is 109 Å². The molecule has 3 heteroatoms. The molecule has 0 saturated carbocycles. The molecule has 0 fully saturated rings. The summed E-state index contributed by atoms with van der Waals surface area (Å²) in [6, 6.07) is 36.6. The molecule has 2 heterocycles. The van der Waals surface area contributed by atoms with Crippen molar-refractivity contribution in [2.75, 3.05) is 5.32 Å². The van der Waals surface area contributed by atoms with Gasteiger partial charge in [-0.1, -0.05) is 72.8 Å². The number of anilines is 1. The van der Waals surface area contributed by atoms with Crippen LogP contribution < -0.4 is 5.32 Å². The van der Waals surface area contributed by atoms with Gasteiger partial charge in [0, 0.05) is 16.8 Å². The van der Waals surface area contributed by atoms with Gasteiger partial charge in [0.05, 0.1) is 11.0 Å². The molecular formula is C28H19N3. The third kappa shape index (κ3) is 2.32. The van der Waals surface area contributed by atoms with Gasteiger partial charge in [0.15, 0.2) is 0 Å². The molecule has 146 valence electrons. The highest BCUT2D eigenvalue weighted by atomic mass is 15.2. The van der Waals surface area contributed by atoms with Gasteiger partial charge in [-0.3, -0.25) is 4.57 Å². The Hall–Kier alpha value is -4.11. The normalized spacial score (nSPS) is 15.0. The number of rotatable bonds is 1. The number of hydrogen-bond acceptors (Lipinski definition) is 2. The molecule has 0 amide bonds. The van der Waals surface area contributed by atoms with Crippen molar-refractivity contribution in [1.29, 1.82) is 0 Å². The molecule has 1 aliphatic heterocycles. The van der Waals surface area contributed by atoms with Crippen LogP contribution >= 0.6 is 0 Å². The van der Waals surface area contributed by atoms with E-state index in [2.05, 4.69) is 113 Å². The summed E-state index contributed by atoms with van der Waals surface area (Å²) in [5, 5.41) is 8.91. The van der Waals surface area contributed by atoms with E-state index in [0.29, 0.717) is 0 Å². The van der Waals surface area contributed by atoms with Gasteiger partial charge in [0.1, 0.15) is 12.0 Å². The summed E-state index contributed by atoms with van der Waals surface area (Å²) in [4.78, 5) is 5.04. The Morgan fingerprint density at radius 3 is 2.32 bits per heavy atom. The summed E-state index contributed by atoms with van der Waals surface area (Å²) in [7, 11) is 0. The van der Waals surface area contributed by atoms with Crippen LogP contribution in [0.5, 0.6) is 0 Å². The molecule has 31 heavy (non-hydrogen) atoms. The standard InChI is InChI=1S/C28H19N3/c1-2-10-19-18(9-1)17-23(21-12-4-3-11-20(19)21)28-29-24-14-6-5-13-22(24)27-30-25-15-7-8-16-26(25)31(27)28/h1-17,28-29H. The summed E-state index contributed by atoms with van der Waals surface area (Å²) in [6.45, 7) is 0. The van der Waals surface area contributed by atoms with Crippen molar-refractivity contribution in [2.45, 2.75) is 6.17 Å². The first-order valence-corrected chi connectivity index (χ1v) is 10.6. The molecule has 0 bridgehead atoms. The van der Waals surface area contributed by atoms with E-state index in [4.69, 9.17) is 4.98 Å². The maximum absolute atomic E-state index is 5.04. The van der Waals surface area contributed by atoms with Crippen LogP contribution in [0.4, 0.5) is 5.69 Å². The lowest BCUT2D eigenvalue weighted by Crippen LogP contribution is -2.25. The molecule has 7 rings (SSSR count). The minimum Gasteiger partial charge on any atom is -0.361 e. The Labute approximate surface area is 179 Å². The van der Waals surface area contributed by atoms with Crippen LogP contribution in [0.3, 0.4) is 0 Å². The maximum atomic E-state index is 5.04. The van der Waals surface area contributed by atoms with Gasteiger partial charge in [-0.05, 0) is 51.9 Å². The number of imidazole rings is 1. The average molecular weight is 397 g/mol. The number of nitrogens with zero attached hydrogens (tertiary/aromatic N) is 2. The quantitative estimate of drug-likeness (QED) is 0.303. The molecule has 1 aromatic heterocycles. The zero-order valence-electron chi connectivity index (χ0n) is 16.8. The Bertz CT molecular complexity index is 1630. The molecule has 1 unspecified atom stereocenters. The molecule has 1 aliphatic rings. The number of para-hydroxylation sites is 3. The summed E-state index contributed by atoms with van der Waals surface area (Å²) in [5.41, 5.74) is 5.67. The molecule has 3 nitrogen and oxygen atoms in total. The largest absolute Gasteiger partial charge is 0.361 e. The van der Waals surface area contributed by atoms with Crippen LogP contribution in [0, 0.1) is 0 Å². The molecule has 1 N–H and O–H groups in total. The number of aromatic nitrogens is 2. The van der Waals surface area contributed by atoms with E-state index in [1.165, 1.54) is 27.1 Å². The van der Waals surface area contributed by atoms with E-state index in [-0.39, 0.29) is 6.17 Å². The highest BCUT2D eigenvalue weighted by Crippen LogP contribution is 2.43. The summed E-state index contributed by atoms with van der Waals surface area (Å²) in [6.07, 6.45) is -0.0493. The molecule has 0 saturated heterocycles. The number of benzene rings is 5. The van der Waals surface area contributed by atoms with Crippen LogP contribution in [-0.4, -0.2) is 9.55 Å². The SMILES string of the molecule is c1ccc2c(c1)NC(c1cc3ccccc3c3ccccc13)n1c-2nc2ccccc21. The predicted molar refractivity (Wildman–Crippen MR) is 128 cm³/mol. The highest BCUT2D eigenvalue weighted by Gasteiger charge is 2.29. The molecule has 0 radical (unpaired) electrons. The molecule has 6 aromatic rings. The van der Waals surface area contributed by atoms with Crippen LogP contribution in [0.2, 0.25) is 0 Å². The van der Waals surface area contributed by atoms with Crippen molar-refractivity contribution in [2.24, 2.45) is 0 Å². The van der Waals surface area contributed by atoms with E-state index in [1.54, 1.807) is 0 Å². The second-order valence-electron chi connectivity index (χ2n) is 8.12. The molecule has 0 aliphatic carbocycles. The van der Waals surface area contributed by atoms with Gasteiger partial charge in [-0.25, -0.2) is 4.98 Å². The number of nitrogens with one attached hydrogen (secondary N) is 1. The highest BCUT2D eigenvalue weighted by molar-refractivity contribution is 6.09. The van der Waals surface area contributed by atoms with E-state index in [0.717, 1.165) is 28.1 Å². The molecule has 5 aromatic carbocycles. The minimum absolute atomic E-state index is 0.0493. The van der Waals surface area contributed by atoms with Crippen molar-refractivity contribution < 1.29 is 0 Å². The fraction of sp³-hybridized carbons (Fsp3) is 0.0357. The first-order valence-electron chi connectivity index (χ1n) is 10.6. The molecule has 1 atom stereocenters. The zero-order chi connectivity index (χ0) is 20.4. The monoisotopic (exact) mass is 397 g/mol. The van der Waals surface area contributed by atoms with Crippen LogP contribution in [0.1, 0.15) is 11.7 Å². The topological polar surface area (TPSA) is 29.9 Å². The summed E-state index contributed by atoms with van der Waals surface area (Å²) in [5.74, 6) is 1.01. The van der Waals surface area contributed by atoms with E-state index in [9.17, 15) is 0 Å². The van der Waals surface area contributed by atoms with Gasteiger partial charge < -0.3 is 5.32 Å². The Morgan fingerprint density at radius 1 is 0.677 bits per heavy atom. The average Bonchev–Trinajstić information content (AvgIpc) is 3.23. The van der Waals surface area contributed by atoms with Gasteiger partial charge >= 0.3 is 0 Å². The Balaban J connectivity index is 1.60. The first kappa shape index (κ1) is 16.7. The smallest absolute Gasteiger partial charge is 0.145 e. The van der Waals surface area contributed by atoms with E-state index >= 15 is 0 Å². The fourth-order valence-corrected chi connectivity index (χ4v) is 5.04. The van der Waals surface area contributed by atoms with Crippen LogP contribution in [0.25, 0.3) is 44.0 Å². The molecule has 0 spiro atoms. The van der Waals surface area contributed by atoms with Crippen molar-refractivity contribution >= 4 is 38.3 Å². The number of hydrogen-bond donors (Lipinski definition) is 1. The lowest BCUT2D eigenvalue weighted by atomic mass is 9.94. The van der Waals surface area contributed by atoms with Crippen LogP contribution in [-0.2, 0) is 0 Å². The Morgan fingerprint density at radius 2 is 1.39 bits per heavy atom. The van der Waals surface area contributed by atoms with Crippen molar-refractivity contribution in [3.63, 3.8) is 0 Å². The second kappa shape index (κ2) is 6.19. The van der Waals surface area contributed by atoms with Gasteiger partial charge in [0.2, 0.25) is 0 Å². The van der Waals surface area contributed by atoms with Gasteiger partial charge in [0.25, 0.3) is 0 Å². The van der Waals surface area contributed by atoms with Gasteiger partial charge in [-0.15, -0.1) is 0 Å². The summed E-state index contributed by atoms with van der Waals surface area (Å²) >= 11 is 0. The number of fused-ring (bicyclic) bond motifs is 8. The van der Waals surface area contributed by atoms with E-state index < -0.39 is 0 Å². The minimum atomic E-state index is -0.0493. The zero-order valence-corrected chi connectivity index (χ0v) is 16.8. The first-order chi connectivity index (χ1) is 15.4. The van der Waals surface area contributed by atoms with Crippen molar-refractivity contribution in [1.82, 2.24) is 9.55 Å². The van der Waals surface area contributed by atoms with Gasteiger partial charge in [-0.2, -0.15) is 0 Å². The van der Waals surface area contributed by atoms with E-state index in [1.807, 2.05) is 0 Å². The van der Waals surface area contributed by atoms with Crippen molar-refractivity contribution in [3.8, 4) is 11.4 Å². The summed E-state index contributed by atoms with van der Waals surface area (Å²) < 4.78 is 2.36. The van der Waals surface area contributed by atoms with Crippen LogP contribution in [0.15, 0.2) is 103 Å². The lowest BCUT2D eigenvalue weighted by Gasteiger charge is -2.31. The fourth-order valence-electron chi connectivity index (χ4n) is 5.04. The molecular weight excluding hydrogens is 378 g/mol. The lowest BCUT2D eigenvalue weighted by molar-refractivity contribution is 0.674. The maximum Gasteiger partial charge on any atom is 0.145 e.